The summed E-state index contributed by atoms with van der Waals surface area (Å²) < 4.78 is 2.27. The second kappa shape index (κ2) is 6.23. The highest BCUT2D eigenvalue weighted by Gasteiger charge is 2.41. The molecule has 130 valence electrons. The molecule has 3 rings (SSSR count). The third-order valence-electron chi connectivity index (χ3n) is 4.43. The Kier molecular flexibility index (Phi) is 4.42. The number of likely N-dealkylation sites (tertiary alicyclic amines) is 1. The quantitative estimate of drug-likeness (QED) is 0.813. The topological polar surface area (TPSA) is 82.8 Å². The van der Waals surface area contributed by atoms with Gasteiger partial charge in [-0.3, -0.25) is 0 Å². The van der Waals surface area contributed by atoms with Crippen molar-refractivity contribution in [1.29, 1.82) is 0 Å². The Hall–Kier alpha value is -1.83. The summed E-state index contributed by atoms with van der Waals surface area (Å²) in [5.41, 5.74) is 0.568. The van der Waals surface area contributed by atoms with Gasteiger partial charge >= 0.3 is 6.09 Å². The van der Waals surface area contributed by atoms with E-state index >= 15 is 0 Å². The van der Waals surface area contributed by atoms with Crippen LogP contribution in [0.2, 0.25) is 0 Å². The van der Waals surface area contributed by atoms with Crippen LogP contribution < -0.4 is 5.32 Å². The van der Waals surface area contributed by atoms with E-state index in [1.165, 1.54) is 0 Å². The van der Waals surface area contributed by atoms with Gasteiger partial charge in [0.25, 0.3) is 0 Å². The summed E-state index contributed by atoms with van der Waals surface area (Å²) in [6.45, 7) is 6.83. The minimum absolute atomic E-state index is 0.0171. The number of hydrogen-bond donors (Lipinski definition) is 2. The van der Waals surface area contributed by atoms with Gasteiger partial charge in [-0.2, -0.15) is 4.52 Å². The fraction of sp³-hybridized carbons (Fsp3) is 0.562. The van der Waals surface area contributed by atoms with Crippen molar-refractivity contribution in [3.63, 3.8) is 0 Å². The summed E-state index contributed by atoms with van der Waals surface area (Å²) in [7, 11) is 0. The first-order valence-electron chi connectivity index (χ1n) is 8.05. The summed E-state index contributed by atoms with van der Waals surface area (Å²) in [5.74, 6) is 0.817. The summed E-state index contributed by atoms with van der Waals surface area (Å²) in [6, 6.07) is 5.64. The second-order valence-electron chi connectivity index (χ2n) is 7.24. The van der Waals surface area contributed by atoms with Crippen LogP contribution in [0.3, 0.4) is 0 Å². The first-order chi connectivity index (χ1) is 11.3. The average molecular weight is 396 g/mol. The lowest BCUT2D eigenvalue weighted by atomic mass is 9.77. The molecule has 1 aliphatic heterocycles. The third kappa shape index (κ3) is 3.19. The summed E-state index contributed by atoms with van der Waals surface area (Å²) in [5, 5.41) is 17.5. The van der Waals surface area contributed by atoms with Crippen molar-refractivity contribution in [2.75, 3.05) is 11.9 Å². The van der Waals surface area contributed by atoms with E-state index in [1.807, 2.05) is 18.2 Å². The van der Waals surface area contributed by atoms with Gasteiger partial charge in [0.15, 0.2) is 5.65 Å². The van der Waals surface area contributed by atoms with Crippen molar-refractivity contribution in [3.8, 4) is 0 Å². The van der Waals surface area contributed by atoms with Gasteiger partial charge in [-0.25, -0.2) is 9.78 Å². The lowest BCUT2D eigenvalue weighted by Gasteiger charge is -2.47. The smallest absolute Gasteiger partial charge is 0.407 e. The number of nitrogens with one attached hydrogen (secondary N) is 1. The average Bonchev–Trinajstić information content (AvgIpc) is 2.87. The van der Waals surface area contributed by atoms with Crippen LogP contribution in [0.5, 0.6) is 0 Å². The fourth-order valence-electron chi connectivity index (χ4n) is 3.61. The fourth-order valence-corrected chi connectivity index (χ4v) is 3.95. The van der Waals surface area contributed by atoms with E-state index < -0.39 is 6.09 Å². The molecule has 0 saturated carbocycles. The van der Waals surface area contributed by atoms with E-state index in [2.05, 4.69) is 52.1 Å². The highest BCUT2D eigenvalue weighted by Crippen LogP contribution is 2.34. The number of fused-ring (bicyclic) bond motifs is 1. The molecule has 0 bridgehead atoms. The molecule has 1 saturated heterocycles. The van der Waals surface area contributed by atoms with Gasteiger partial charge in [0.1, 0.15) is 5.82 Å². The Bertz CT molecular complexity index is 754. The minimum Gasteiger partial charge on any atom is -0.465 e. The Morgan fingerprint density at radius 2 is 2.17 bits per heavy atom. The van der Waals surface area contributed by atoms with Gasteiger partial charge in [-0.1, -0.05) is 26.8 Å². The van der Waals surface area contributed by atoms with Crippen LogP contribution in [-0.2, 0) is 0 Å². The largest absolute Gasteiger partial charge is 0.465 e. The van der Waals surface area contributed by atoms with Crippen LogP contribution in [0.1, 0.15) is 33.6 Å². The maximum absolute atomic E-state index is 11.7. The van der Waals surface area contributed by atoms with E-state index in [0.717, 1.165) is 24.3 Å². The Balaban J connectivity index is 1.95. The van der Waals surface area contributed by atoms with Crippen LogP contribution in [-0.4, -0.2) is 49.3 Å². The zero-order valence-corrected chi connectivity index (χ0v) is 15.6. The highest BCUT2D eigenvalue weighted by molar-refractivity contribution is 9.10. The molecular formula is C16H22BrN5O2. The lowest BCUT2D eigenvalue weighted by molar-refractivity contribution is 0.0518. The number of nitrogens with zero attached hydrogens (tertiary/aromatic N) is 4. The second-order valence-corrected chi connectivity index (χ2v) is 7.95. The van der Waals surface area contributed by atoms with Crippen LogP contribution in [0.15, 0.2) is 22.9 Å². The third-order valence-corrected chi connectivity index (χ3v) is 4.77. The van der Waals surface area contributed by atoms with Crippen LogP contribution in [0.4, 0.5) is 10.6 Å². The van der Waals surface area contributed by atoms with Crippen molar-refractivity contribution < 1.29 is 9.90 Å². The molecule has 1 amide bonds. The predicted octanol–water partition coefficient (Wildman–Crippen LogP) is 3.46. The van der Waals surface area contributed by atoms with Crippen LogP contribution >= 0.6 is 15.9 Å². The lowest BCUT2D eigenvalue weighted by Crippen LogP contribution is -2.58. The molecule has 2 aromatic rings. The van der Waals surface area contributed by atoms with Crippen molar-refractivity contribution in [2.24, 2.45) is 5.41 Å². The number of rotatable bonds is 2. The summed E-state index contributed by atoms with van der Waals surface area (Å²) in [6.07, 6.45) is 0.897. The minimum atomic E-state index is -0.858. The molecule has 7 nitrogen and oxygen atoms in total. The number of halogens is 1. The maximum atomic E-state index is 11.7. The van der Waals surface area contributed by atoms with Gasteiger partial charge in [-0.15, -0.1) is 5.10 Å². The number of amides is 1. The van der Waals surface area contributed by atoms with Crippen molar-refractivity contribution >= 4 is 33.5 Å². The monoisotopic (exact) mass is 395 g/mol. The number of anilines is 1. The molecule has 0 aromatic carbocycles. The molecule has 2 N–H and O–H groups in total. The Labute approximate surface area is 149 Å². The van der Waals surface area contributed by atoms with Gasteiger partial charge in [0.2, 0.25) is 4.73 Å². The van der Waals surface area contributed by atoms with Gasteiger partial charge < -0.3 is 15.3 Å². The molecule has 0 spiro atoms. The van der Waals surface area contributed by atoms with Crippen molar-refractivity contribution in [1.82, 2.24) is 19.5 Å². The van der Waals surface area contributed by atoms with E-state index in [9.17, 15) is 9.90 Å². The van der Waals surface area contributed by atoms with Crippen LogP contribution in [0, 0.1) is 5.41 Å². The summed E-state index contributed by atoms with van der Waals surface area (Å²) in [4.78, 5) is 17.6. The molecule has 1 fully saturated rings. The standard InChI is InChI=1S/C16H22BrN5O2/c1-16(2,3)13-10(6-5-9-21(13)15(23)24)18-11-7-4-8-12-19-14(17)20-22(11)12/h4,7-8,10,13,18H,5-6,9H2,1-3H3,(H,23,24). The highest BCUT2D eigenvalue weighted by atomic mass is 79.9. The van der Waals surface area contributed by atoms with E-state index in [1.54, 1.807) is 9.42 Å². The molecule has 1 aliphatic rings. The first kappa shape index (κ1) is 17.0. The molecular weight excluding hydrogens is 374 g/mol. The number of hydrogen-bond acceptors (Lipinski definition) is 4. The van der Waals surface area contributed by atoms with E-state index in [4.69, 9.17) is 0 Å². The molecule has 0 radical (unpaired) electrons. The zero-order chi connectivity index (χ0) is 17.5. The van der Waals surface area contributed by atoms with Crippen LogP contribution in [0.25, 0.3) is 5.65 Å². The SMILES string of the molecule is CC(C)(C)C1C(Nc2cccc3nc(Br)nn23)CCCN1C(=O)O. The number of pyridine rings is 1. The van der Waals surface area contributed by atoms with Gasteiger partial charge in [0.05, 0.1) is 6.04 Å². The molecule has 2 aromatic heterocycles. The zero-order valence-electron chi connectivity index (χ0n) is 14.0. The molecule has 24 heavy (non-hydrogen) atoms. The molecule has 3 heterocycles. The molecule has 2 unspecified atom stereocenters. The van der Waals surface area contributed by atoms with Crippen molar-refractivity contribution in [2.45, 2.75) is 45.7 Å². The number of piperidine rings is 1. The van der Waals surface area contributed by atoms with Gasteiger partial charge in [-0.05, 0) is 46.3 Å². The van der Waals surface area contributed by atoms with Gasteiger partial charge in [0, 0.05) is 12.6 Å². The number of carbonyl (C=O) groups is 1. The number of carboxylic acid groups (broad SMARTS) is 1. The maximum Gasteiger partial charge on any atom is 0.407 e. The first-order valence-corrected chi connectivity index (χ1v) is 8.84. The Morgan fingerprint density at radius 3 is 2.83 bits per heavy atom. The number of aromatic nitrogens is 3. The predicted molar refractivity (Wildman–Crippen MR) is 95.3 cm³/mol. The van der Waals surface area contributed by atoms with E-state index in [0.29, 0.717) is 11.3 Å². The molecule has 2 atom stereocenters. The molecule has 0 aliphatic carbocycles. The Morgan fingerprint density at radius 1 is 1.42 bits per heavy atom. The summed E-state index contributed by atoms with van der Waals surface area (Å²) >= 11 is 3.30. The normalized spacial score (nSPS) is 21.9. The molecule has 8 heteroatoms. The van der Waals surface area contributed by atoms with E-state index in [-0.39, 0.29) is 17.5 Å². The van der Waals surface area contributed by atoms with Crippen molar-refractivity contribution in [3.05, 3.63) is 22.9 Å².